The van der Waals surface area contributed by atoms with Gasteiger partial charge in [0.05, 0.1) is 36.6 Å². The molecule has 3 heterocycles. The lowest BCUT2D eigenvalue weighted by atomic mass is 9.70. The number of carbonyl (C=O) groups is 4. The number of hydrogen-bond acceptors (Lipinski definition) is 7. The van der Waals surface area contributed by atoms with E-state index in [0.29, 0.717) is 24.8 Å². The fourth-order valence-electron chi connectivity index (χ4n) is 8.13. The number of halogens is 1. The van der Waals surface area contributed by atoms with Gasteiger partial charge in [0.1, 0.15) is 17.7 Å². The highest BCUT2D eigenvalue weighted by molar-refractivity contribution is 9.09. The predicted molar refractivity (Wildman–Crippen MR) is 197 cm³/mol. The second-order valence-corrected chi connectivity index (χ2v) is 15.5. The number of hydrogen-bond donors (Lipinski definition) is 2. The maximum atomic E-state index is 14.9. The Bertz CT molecular complexity index is 1570. The molecule has 274 valence electrons. The molecule has 3 aliphatic heterocycles. The van der Waals surface area contributed by atoms with Gasteiger partial charge in [-0.05, 0) is 43.2 Å². The molecular formula is C40H50BrN3O7. The van der Waals surface area contributed by atoms with Crippen molar-refractivity contribution in [1.29, 1.82) is 0 Å². The third-order valence-electron chi connectivity index (χ3n) is 10.2. The fraction of sp³-hybridized carbons (Fsp3) is 0.500. The normalized spacial score (nSPS) is 26.7. The number of allylic oxidation sites excluding steroid dienone is 1. The summed E-state index contributed by atoms with van der Waals surface area (Å²) in [6.07, 6.45) is 3.23. The highest BCUT2D eigenvalue weighted by Gasteiger charge is 2.77. The van der Waals surface area contributed by atoms with Crippen LogP contribution >= 0.6 is 15.9 Å². The molecule has 5 rings (SSSR count). The van der Waals surface area contributed by atoms with Gasteiger partial charge >= 0.3 is 5.97 Å². The van der Waals surface area contributed by atoms with Crippen molar-refractivity contribution in [2.45, 2.75) is 93.8 Å². The Labute approximate surface area is 309 Å². The topological polar surface area (TPSA) is 125 Å². The van der Waals surface area contributed by atoms with Gasteiger partial charge in [0.2, 0.25) is 17.7 Å². The summed E-state index contributed by atoms with van der Waals surface area (Å²) in [5.74, 6) is -3.53. The molecule has 0 saturated carbocycles. The first-order chi connectivity index (χ1) is 24.5. The van der Waals surface area contributed by atoms with Crippen LogP contribution in [0.2, 0.25) is 0 Å². The number of nitrogens with zero attached hydrogens (tertiary/aromatic N) is 2. The minimum absolute atomic E-state index is 0.106. The van der Waals surface area contributed by atoms with Gasteiger partial charge in [0.15, 0.2) is 0 Å². The van der Waals surface area contributed by atoms with E-state index in [4.69, 9.17) is 9.47 Å². The summed E-state index contributed by atoms with van der Waals surface area (Å²) in [6.45, 7) is 13.5. The SMILES string of the molecule is C=CCCC(=O)N[C@H](C)[C@@H](OC(=O)[C@H]1[C@@H]2O[C@@]3(CC2Br)[C@@H]1C(=O)N([C@@H](CO)CC(C)C)[C@@H]3C(=O)N(CC=C)Cc1ccccc1)c1ccccc1. The summed E-state index contributed by atoms with van der Waals surface area (Å²) in [4.78, 5) is 59.7. The number of nitrogens with one attached hydrogen (secondary N) is 1. The molecule has 2 aromatic rings. The molecule has 3 aliphatic rings. The number of rotatable bonds is 17. The van der Waals surface area contributed by atoms with Crippen LogP contribution in [0.5, 0.6) is 0 Å². The molecule has 10 nitrogen and oxygen atoms in total. The van der Waals surface area contributed by atoms with Crippen molar-refractivity contribution >= 4 is 39.6 Å². The first-order valence-corrected chi connectivity index (χ1v) is 18.7. The van der Waals surface area contributed by atoms with E-state index in [2.05, 4.69) is 34.4 Å². The van der Waals surface area contributed by atoms with Crippen LogP contribution in [-0.4, -0.2) is 86.4 Å². The van der Waals surface area contributed by atoms with Crippen LogP contribution in [-0.2, 0) is 35.2 Å². The maximum absolute atomic E-state index is 14.9. The smallest absolute Gasteiger partial charge is 0.313 e. The fourth-order valence-corrected chi connectivity index (χ4v) is 9.08. The first-order valence-electron chi connectivity index (χ1n) is 17.8. The van der Waals surface area contributed by atoms with Crippen LogP contribution in [0.25, 0.3) is 0 Å². The molecule has 11 heteroatoms. The van der Waals surface area contributed by atoms with E-state index in [1.54, 1.807) is 24.0 Å². The van der Waals surface area contributed by atoms with Crippen LogP contribution in [0, 0.1) is 17.8 Å². The molecule has 3 saturated heterocycles. The zero-order chi connectivity index (χ0) is 36.9. The lowest BCUT2D eigenvalue weighted by Crippen LogP contribution is -2.59. The van der Waals surface area contributed by atoms with Gasteiger partial charge in [0.25, 0.3) is 0 Å². The number of likely N-dealkylation sites (tertiary alicyclic amines) is 1. The third kappa shape index (κ3) is 7.85. The monoisotopic (exact) mass is 763 g/mol. The standard InChI is InChI=1S/C40H50BrN3O7/c1-6-8-19-31(46)42-26(5)34(28-17-13-10-14-18-28)50-39(49)32-33-37(47)44(29(24-45)21-25(3)4)36(40(33)22-30(41)35(32)51-40)38(48)43(20-7-2)23-27-15-11-9-12-16-27/h6-7,9-18,25-26,29-30,32-36,45H,1-2,8,19-24H2,3-5H3,(H,42,46)/t26-,29-,30?,32-,33+,34-,35-,36-,40+/m1/s1. The number of esters is 1. The predicted octanol–water partition coefficient (Wildman–Crippen LogP) is 5.11. The lowest BCUT2D eigenvalue weighted by molar-refractivity contribution is -0.162. The number of amides is 3. The zero-order valence-corrected chi connectivity index (χ0v) is 31.2. The van der Waals surface area contributed by atoms with Crippen LogP contribution in [0.15, 0.2) is 86.0 Å². The number of ether oxygens (including phenoxy) is 2. The van der Waals surface area contributed by atoms with E-state index in [1.807, 2.05) is 74.5 Å². The molecule has 51 heavy (non-hydrogen) atoms. The Morgan fingerprint density at radius 1 is 1.10 bits per heavy atom. The van der Waals surface area contributed by atoms with Gasteiger partial charge in [-0.3, -0.25) is 19.2 Å². The minimum atomic E-state index is -1.34. The number of benzene rings is 2. The molecule has 3 amide bonds. The van der Waals surface area contributed by atoms with Gasteiger partial charge in [-0.2, -0.15) is 0 Å². The van der Waals surface area contributed by atoms with Gasteiger partial charge in [-0.15, -0.1) is 13.2 Å². The molecule has 2 aromatic carbocycles. The van der Waals surface area contributed by atoms with Crippen molar-refractivity contribution in [2.75, 3.05) is 13.2 Å². The molecule has 2 N–H and O–H groups in total. The van der Waals surface area contributed by atoms with E-state index in [1.165, 1.54) is 4.90 Å². The van der Waals surface area contributed by atoms with Gasteiger partial charge in [-0.25, -0.2) is 0 Å². The summed E-state index contributed by atoms with van der Waals surface area (Å²) in [5, 5.41) is 13.7. The van der Waals surface area contributed by atoms with E-state index >= 15 is 0 Å². The number of alkyl halides is 1. The molecule has 3 fully saturated rings. The van der Waals surface area contributed by atoms with Crippen LogP contribution < -0.4 is 5.32 Å². The van der Waals surface area contributed by atoms with E-state index in [9.17, 15) is 24.3 Å². The number of carbonyl (C=O) groups excluding carboxylic acids is 4. The van der Waals surface area contributed by atoms with Crippen molar-refractivity contribution in [3.63, 3.8) is 0 Å². The number of fused-ring (bicyclic) bond motifs is 1. The Kier molecular flexibility index (Phi) is 12.6. The Morgan fingerprint density at radius 3 is 2.37 bits per heavy atom. The minimum Gasteiger partial charge on any atom is -0.455 e. The van der Waals surface area contributed by atoms with E-state index in [0.717, 1.165) is 5.56 Å². The molecule has 9 atom stereocenters. The number of aliphatic hydroxyl groups is 1. The molecule has 1 spiro atoms. The second kappa shape index (κ2) is 16.7. The Hall–Kier alpha value is -3.80. The maximum Gasteiger partial charge on any atom is 0.313 e. The molecule has 1 unspecified atom stereocenters. The average molecular weight is 765 g/mol. The highest BCUT2D eigenvalue weighted by atomic mass is 79.9. The average Bonchev–Trinajstić information content (AvgIpc) is 3.71. The first kappa shape index (κ1) is 38.4. The Morgan fingerprint density at radius 2 is 1.76 bits per heavy atom. The summed E-state index contributed by atoms with van der Waals surface area (Å²) >= 11 is 3.75. The van der Waals surface area contributed by atoms with Crippen molar-refractivity contribution in [3.05, 3.63) is 97.1 Å². The van der Waals surface area contributed by atoms with E-state index < -0.39 is 59.6 Å². The summed E-state index contributed by atoms with van der Waals surface area (Å²) in [6, 6.07) is 16.4. The molecule has 0 aliphatic carbocycles. The lowest BCUT2D eigenvalue weighted by Gasteiger charge is -2.40. The highest BCUT2D eigenvalue weighted by Crippen LogP contribution is 2.61. The van der Waals surface area contributed by atoms with Gasteiger partial charge in [0, 0.05) is 24.3 Å². The third-order valence-corrected chi connectivity index (χ3v) is 11.1. The Balaban J connectivity index is 1.52. The van der Waals surface area contributed by atoms with Gasteiger partial charge < -0.3 is 29.7 Å². The van der Waals surface area contributed by atoms with Crippen LogP contribution in [0.1, 0.15) is 63.7 Å². The summed E-state index contributed by atoms with van der Waals surface area (Å²) in [5.41, 5.74) is 0.249. The van der Waals surface area contributed by atoms with Crippen LogP contribution in [0.4, 0.5) is 0 Å². The molecule has 0 aromatic heterocycles. The van der Waals surface area contributed by atoms with Crippen molar-refractivity contribution in [2.24, 2.45) is 17.8 Å². The van der Waals surface area contributed by atoms with E-state index in [-0.39, 0.29) is 48.7 Å². The summed E-state index contributed by atoms with van der Waals surface area (Å²) in [7, 11) is 0. The van der Waals surface area contributed by atoms with Crippen molar-refractivity contribution in [3.8, 4) is 0 Å². The van der Waals surface area contributed by atoms with Crippen LogP contribution in [0.3, 0.4) is 0 Å². The molecule has 2 bridgehead atoms. The largest absolute Gasteiger partial charge is 0.455 e. The quantitative estimate of drug-likeness (QED) is 0.130. The molecule has 0 radical (unpaired) electrons. The van der Waals surface area contributed by atoms with Crippen molar-refractivity contribution in [1.82, 2.24) is 15.1 Å². The van der Waals surface area contributed by atoms with Crippen molar-refractivity contribution < 1.29 is 33.8 Å². The van der Waals surface area contributed by atoms with Gasteiger partial charge in [-0.1, -0.05) is 103 Å². The second-order valence-electron chi connectivity index (χ2n) is 14.3. The molecular weight excluding hydrogens is 714 g/mol. The zero-order valence-electron chi connectivity index (χ0n) is 29.7. The number of aliphatic hydroxyl groups excluding tert-OH is 1. The summed E-state index contributed by atoms with van der Waals surface area (Å²) < 4.78 is 13.0.